The summed E-state index contributed by atoms with van der Waals surface area (Å²) in [4.78, 5) is 2.50. The van der Waals surface area contributed by atoms with Crippen LogP contribution in [0.5, 0.6) is 0 Å². The fraction of sp³-hybridized carbons (Fsp3) is 0.308. The number of hydrogen-bond acceptors (Lipinski definition) is 1. The normalized spacial score (nSPS) is 23.2. The molecule has 0 atom stereocenters. The summed E-state index contributed by atoms with van der Waals surface area (Å²) in [5.41, 5.74) is 17.5. The van der Waals surface area contributed by atoms with Crippen LogP contribution in [-0.4, -0.2) is 0 Å². The Morgan fingerprint density at radius 3 is 1.72 bits per heavy atom. The van der Waals surface area contributed by atoms with Crippen molar-refractivity contribution < 1.29 is 0 Å². The average molecular weight is 690 g/mol. The Morgan fingerprint density at radius 2 is 1.06 bits per heavy atom. The number of fused-ring (bicyclic) bond motifs is 3. The van der Waals surface area contributed by atoms with Crippen LogP contribution in [0.4, 0.5) is 17.1 Å². The van der Waals surface area contributed by atoms with Crippen LogP contribution in [0.3, 0.4) is 0 Å². The Kier molecular flexibility index (Phi) is 7.62. The summed E-state index contributed by atoms with van der Waals surface area (Å²) in [5.74, 6) is 3.25. The average Bonchev–Trinajstić information content (AvgIpc) is 3.40. The topological polar surface area (TPSA) is 3.24 Å². The van der Waals surface area contributed by atoms with Crippen molar-refractivity contribution in [2.75, 3.05) is 4.90 Å². The minimum atomic E-state index is -0.0716. The van der Waals surface area contributed by atoms with E-state index in [1.54, 1.807) is 5.56 Å². The molecule has 0 N–H and O–H groups in total. The highest BCUT2D eigenvalue weighted by Crippen LogP contribution is 2.61. The molecular formula is C52H51N. The summed E-state index contributed by atoms with van der Waals surface area (Å²) in [7, 11) is 0. The number of nitrogens with zero attached hydrogens (tertiary/aromatic N) is 1. The molecule has 0 aromatic heterocycles. The second-order valence-corrected chi connectivity index (χ2v) is 17.9. The van der Waals surface area contributed by atoms with Gasteiger partial charge in [0.05, 0.1) is 0 Å². The first-order chi connectivity index (χ1) is 25.8. The van der Waals surface area contributed by atoms with Gasteiger partial charge in [0.2, 0.25) is 0 Å². The van der Waals surface area contributed by atoms with Crippen LogP contribution in [0.15, 0.2) is 140 Å². The van der Waals surface area contributed by atoms with E-state index in [0.717, 1.165) is 17.8 Å². The number of rotatable bonds is 7. The Hall–Kier alpha value is -4.88. The van der Waals surface area contributed by atoms with Gasteiger partial charge in [-0.3, -0.25) is 0 Å². The molecule has 0 spiro atoms. The summed E-state index contributed by atoms with van der Waals surface area (Å²) in [6.45, 7) is 9.40. The van der Waals surface area contributed by atoms with Gasteiger partial charge in [-0.15, -0.1) is 0 Å². The molecule has 5 aliphatic rings. The molecule has 0 aliphatic heterocycles. The van der Waals surface area contributed by atoms with E-state index in [-0.39, 0.29) is 5.41 Å². The van der Waals surface area contributed by atoms with Gasteiger partial charge in [0.1, 0.15) is 0 Å². The van der Waals surface area contributed by atoms with Gasteiger partial charge in [0.25, 0.3) is 0 Å². The second-order valence-electron chi connectivity index (χ2n) is 17.9. The van der Waals surface area contributed by atoms with Crippen molar-refractivity contribution in [2.45, 2.75) is 83.0 Å². The van der Waals surface area contributed by atoms with E-state index < -0.39 is 0 Å². The molecule has 1 heteroatoms. The Labute approximate surface area is 316 Å². The highest BCUT2D eigenvalue weighted by atomic mass is 15.1. The standard InChI is InChI=1S/C52H51N/c1-34(2)47-29-41(38-10-6-5-7-11-38)18-25-50(47)53(44-23-24-46-45-12-8-9-13-48(45)51(3,4)49(46)30-44)43-21-16-40(17-22-43)39-14-19-42(20-15-39)52-31-35-26-36(32-52)28-37(27-35)33-52/h5-25,29-30,34-37H,26-28,31-33H2,1-4H3. The van der Waals surface area contributed by atoms with Gasteiger partial charge in [0, 0.05) is 22.5 Å². The molecule has 53 heavy (non-hydrogen) atoms. The highest BCUT2D eigenvalue weighted by Gasteiger charge is 2.51. The van der Waals surface area contributed by atoms with Gasteiger partial charge in [-0.2, -0.15) is 0 Å². The smallest absolute Gasteiger partial charge is 0.0496 e. The van der Waals surface area contributed by atoms with Crippen molar-refractivity contribution in [3.05, 3.63) is 162 Å². The fourth-order valence-corrected chi connectivity index (χ4v) is 11.6. The number of benzene rings is 6. The van der Waals surface area contributed by atoms with Gasteiger partial charge in [0.15, 0.2) is 0 Å². The molecule has 0 radical (unpaired) electrons. The lowest BCUT2D eigenvalue weighted by Crippen LogP contribution is -2.48. The molecule has 4 bridgehead atoms. The molecular weight excluding hydrogens is 639 g/mol. The summed E-state index contributed by atoms with van der Waals surface area (Å²) in [6.07, 6.45) is 8.73. The summed E-state index contributed by atoms with van der Waals surface area (Å²) >= 11 is 0. The zero-order valence-corrected chi connectivity index (χ0v) is 31.8. The van der Waals surface area contributed by atoms with Crippen molar-refractivity contribution >= 4 is 17.1 Å². The zero-order valence-electron chi connectivity index (χ0n) is 31.8. The van der Waals surface area contributed by atoms with Crippen LogP contribution in [-0.2, 0) is 10.8 Å². The van der Waals surface area contributed by atoms with Crippen molar-refractivity contribution in [1.29, 1.82) is 0 Å². The quantitative estimate of drug-likeness (QED) is 0.161. The van der Waals surface area contributed by atoms with E-state index >= 15 is 0 Å². The maximum Gasteiger partial charge on any atom is 0.0496 e. The minimum Gasteiger partial charge on any atom is -0.310 e. The van der Waals surface area contributed by atoms with Crippen LogP contribution >= 0.6 is 0 Å². The molecule has 5 aliphatic carbocycles. The lowest BCUT2D eigenvalue weighted by Gasteiger charge is -2.57. The van der Waals surface area contributed by atoms with E-state index in [9.17, 15) is 0 Å². The Bertz CT molecular complexity index is 2270. The zero-order chi connectivity index (χ0) is 35.9. The Balaban J connectivity index is 1.04. The van der Waals surface area contributed by atoms with Crippen LogP contribution in [0.1, 0.15) is 94.4 Å². The first kappa shape index (κ1) is 32.7. The molecule has 4 saturated carbocycles. The third kappa shape index (κ3) is 5.41. The van der Waals surface area contributed by atoms with Crippen LogP contribution < -0.4 is 4.90 Å². The third-order valence-electron chi connectivity index (χ3n) is 13.8. The van der Waals surface area contributed by atoms with Crippen molar-refractivity contribution in [3.8, 4) is 33.4 Å². The maximum atomic E-state index is 2.50. The van der Waals surface area contributed by atoms with Crippen molar-refractivity contribution in [1.82, 2.24) is 0 Å². The largest absolute Gasteiger partial charge is 0.310 e. The van der Waals surface area contributed by atoms with Gasteiger partial charge < -0.3 is 4.90 Å². The molecule has 4 fully saturated rings. The van der Waals surface area contributed by atoms with Gasteiger partial charge in [-0.1, -0.05) is 131 Å². The SMILES string of the molecule is CC(C)c1cc(-c2ccccc2)ccc1N(c1ccc(-c2ccc(C34CC5CC(CC(C5)C3)C4)cc2)cc1)c1ccc2c(c1)C(C)(C)c1ccccc1-2. The van der Waals surface area contributed by atoms with Crippen molar-refractivity contribution in [2.24, 2.45) is 17.8 Å². The predicted molar refractivity (Wildman–Crippen MR) is 223 cm³/mol. The fourth-order valence-electron chi connectivity index (χ4n) is 11.6. The van der Waals surface area contributed by atoms with Crippen molar-refractivity contribution in [3.63, 3.8) is 0 Å². The molecule has 0 saturated heterocycles. The van der Waals surface area contributed by atoms with E-state index in [4.69, 9.17) is 0 Å². The predicted octanol–water partition coefficient (Wildman–Crippen LogP) is 14.4. The second kappa shape index (κ2) is 12.3. The summed E-state index contributed by atoms with van der Waals surface area (Å²) < 4.78 is 0. The number of anilines is 3. The first-order valence-corrected chi connectivity index (χ1v) is 20.2. The van der Waals surface area contributed by atoms with Crippen LogP contribution in [0.2, 0.25) is 0 Å². The minimum absolute atomic E-state index is 0.0716. The highest BCUT2D eigenvalue weighted by molar-refractivity contribution is 5.87. The van der Waals surface area contributed by atoms with Crippen LogP contribution in [0, 0.1) is 17.8 Å². The van der Waals surface area contributed by atoms with Gasteiger partial charge in [-0.05, 0) is 160 Å². The summed E-state index contributed by atoms with van der Waals surface area (Å²) in [6, 6.07) is 53.1. The first-order valence-electron chi connectivity index (χ1n) is 20.2. The van der Waals surface area contributed by atoms with E-state index in [1.165, 1.54) is 106 Å². The lowest BCUT2D eigenvalue weighted by molar-refractivity contribution is -0.00518. The number of hydrogen-bond donors (Lipinski definition) is 0. The molecule has 264 valence electrons. The molecule has 1 nitrogen and oxygen atoms in total. The van der Waals surface area contributed by atoms with Gasteiger partial charge in [-0.25, -0.2) is 0 Å². The molecule has 0 heterocycles. The van der Waals surface area contributed by atoms with E-state index in [1.807, 2.05) is 0 Å². The lowest BCUT2D eigenvalue weighted by atomic mass is 9.48. The molecule has 11 rings (SSSR count). The monoisotopic (exact) mass is 689 g/mol. The van der Waals surface area contributed by atoms with Gasteiger partial charge >= 0.3 is 0 Å². The molecule has 6 aromatic rings. The molecule has 6 aromatic carbocycles. The van der Waals surface area contributed by atoms with E-state index in [2.05, 4.69) is 172 Å². The maximum absolute atomic E-state index is 2.50. The molecule has 0 unspecified atom stereocenters. The van der Waals surface area contributed by atoms with Crippen LogP contribution in [0.25, 0.3) is 33.4 Å². The molecule has 0 amide bonds. The summed E-state index contributed by atoms with van der Waals surface area (Å²) in [5, 5.41) is 0. The Morgan fingerprint density at radius 1 is 0.509 bits per heavy atom. The third-order valence-corrected chi connectivity index (χ3v) is 13.8. The van der Waals surface area contributed by atoms with E-state index in [0.29, 0.717) is 11.3 Å².